The smallest absolute Gasteiger partial charge is 0.323 e. The molecule has 0 aromatic heterocycles. The first kappa shape index (κ1) is 17.6. The van der Waals surface area contributed by atoms with Crippen LogP contribution in [0.4, 0.5) is 0 Å². The number of carbonyl (C=O) groups is 3. The van der Waals surface area contributed by atoms with Gasteiger partial charge in [0.15, 0.2) is 11.6 Å². The summed E-state index contributed by atoms with van der Waals surface area (Å²) in [5, 5.41) is 0. The summed E-state index contributed by atoms with van der Waals surface area (Å²) in [6.45, 7) is 4.55. The average molecular weight is 304 g/mol. The normalized spacial score (nSPS) is 13.5. The lowest BCUT2D eigenvalue weighted by molar-refractivity contribution is -0.155. The Morgan fingerprint density at radius 1 is 1.18 bits per heavy atom. The van der Waals surface area contributed by atoms with Gasteiger partial charge in [0.25, 0.3) is 0 Å². The summed E-state index contributed by atoms with van der Waals surface area (Å²) in [5.74, 6) is -0.717. The molecule has 0 spiro atoms. The number of Topliss-reactive ketones (excluding diaryl/α,β-unsaturated/α-hetero) is 1. The lowest BCUT2D eigenvalue weighted by Gasteiger charge is -2.20. The third kappa shape index (κ3) is 4.04. The van der Waals surface area contributed by atoms with Crippen molar-refractivity contribution in [1.29, 1.82) is 0 Å². The number of methoxy groups -OCH3 is 1. The highest BCUT2D eigenvalue weighted by Gasteiger charge is 2.37. The Kier molecular flexibility index (Phi) is 6.04. The molecule has 22 heavy (non-hydrogen) atoms. The number of hydrogen-bond acceptors (Lipinski definition) is 5. The van der Waals surface area contributed by atoms with E-state index in [4.69, 9.17) is 9.47 Å². The van der Waals surface area contributed by atoms with Gasteiger partial charge < -0.3 is 9.47 Å². The Bertz CT molecular complexity index is 586. The second kappa shape index (κ2) is 7.54. The molecule has 0 heterocycles. The Hall–Kier alpha value is -2.43. The monoisotopic (exact) mass is 304 g/mol. The third-order valence-corrected chi connectivity index (χ3v) is 3.37. The van der Waals surface area contributed by atoms with Crippen LogP contribution in [0.5, 0.6) is 5.75 Å². The Balaban J connectivity index is 2.97. The molecule has 1 aromatic carbocycles. The molecule has 5 nitrogen and oxygen atoms in total. The largest absolute Gasteiger partial charge is 0.497 e. The molecule has 0 saturated heterocycles. The van der Waals surface area contributed by atoms with Crippen LogP contribution in [0.15, 0.2) is 36.4 Å². The minimum absolute atomic E-state index is 0.169. The number of hydrogen-bond donors (Lipinski definition) is 0. The summed E-state index contributed by atoms with van der Waals surface area (Å²) in [4.78, 5) is 35.8. The summed E-state index contributed by atoms with van der Waals surface area (Å²) in [6, 6.07) is 6.55. The summed E-state index contributed by atoms with van der Waals surface area (Å²) in [7, 11) is 1.54. The van der Waals surface area contributed by atoms with Crippen molar-refractivity contribution in [3.63, 3.8) is 0 Å². The number of allylic oxidation sites excluding steroid dienone is 1. The molecule has 0 amide bonds. The van der Waals surface area contributed by atoms with Crippen molar-refractivity contribution in [2.45, 2.75) is 20.8 Å². The van der Waals surface area contributed by atoms with Gasteiger partial charge in [0.1, 0.15) is 11.2 Å². The molecular weight excluding hydrogens is 284 g/mol. The molecule has 1 rings (SSSR count). The van der Waals surface area contributed by atoms with Gasteiger partial charge in [-0.05, 0) is 51.1 Å². The lowest BCUT2D eigenvalue weighted by Crippen LogP contribution is -2.34. The minimum atomic E-state index is -1.46. The maximum Gasteiger partial charge on any atom is 0.323 e. The van der Waals surface area contributed by atoms with E-state index in [0.29, 0.717) is 11.3 Å². The van der Waals surface area contributed by atoms with Crippen LogP contribution in [0.25, 0.3) is 0 Å². The topological polar surface area (TPSA) is 69.7 Å². The van der Waals surface area contributed by atoms with Crippen LogP contribution < -0.4 is 4.74 Å². The first-order valence-corrected chi connectivity index (χ1v) is 6.91. The molecular formula is C17H20O5. The van der Waals surface area contributed by atoms with Crippen LogP contribution in [0.2, 0.25) is 0 Å². The van der Waals surface area contributed by atoms with Crippen LogP contribution in [0.3, 0.4) is 0 Å². The predicted molar refractivity (Wildman–Crippen MR) is 81.9 cm³/mol. The molecule has 1 unspecified atom stereocenters. The zero-order chi connectivity index (χ0) is 16.8. The van der Waals surface area contributed by atoms with E-state index in [0.717, 1.165) is 0 Å². The highest BCUT2D eigenvalue weighted by Crippen LogP contribution is 2.23. The van der Waals surface area contributed by atoms with E-state index in [2.05, 4.69) is 0 Å². The van der Waals surface area contributed by atoms with Gasteiger partial charge in [0.2, 0.25) is 0 Å². The lowest BCUT2D eigenvalue weighted by atomic mass is 9.85. The van der Waals surface area contributed by atoms with Gasteiger partial charge in [-0.25, -0.2) is 0 Å². The zero-order valence-electron chi connectivity index (χ0n) is 13.2. The van der Waals surface area contributed by atoms with E-state index in [9.17, 15) is 14.4 Å². The van der Waals surface area contributed by atoms with Crippen molar-refractivity contribution >= 4 is 17.5 Å². The van der Waals surface area contributed by atoms with Crippen molar-refractivity contribution < 1.29 is 23.9 Å². The minimum Gasteiger partial charge on any atom is -0.497 e. The molecule has 0 N–H and O–H groups in total. The van der Waals surface area contributed by atoms with Crippen molar-refractivity contribution in [3.05, 3.63) is 42.0 Å². The van der Waals surface area contributed by atoms with Crippen molar-refractivity contribution in [2.24, 2.45) is 5.41 Å². The second-order valence-electron chi connectivity index (χ2n) is 4.91. The number of ketones is 2. The fraction of sp³-hybridized carbons (Fsp3) is 0.353. The van der Waals surface area contributed by atoms with Crippen molar-refractivity contribution in [2.75, 3.05) is 13.7 Å². The summed E-state index contributed by atoms with van der Waals surface area (Å²) in [5.41, 5.74) is -1.02. The van der Waals surface area contributed by atoms with Gasteiger partial charge in [0, 0.05) is 5.56 Å². The zero-order valence-corrected chi connectivity index (χ0v) is 13.2. The quantitative estimate of drug-likeness (QED) is 0.335. The predicted octanol–water partition coefficient (Wildman–Crippen LogP) is 2.59. The fourth-order valence-electron chi connectivity index (χ4n) is 1.70. The van der Waals surface area contributed by atoms with E-state index in [1.165, 1.54) is 33.1 Å². The Morgan fingerprint density at radius 3 is 2.23 bits per heavy atom. The first-order valence-electron chi connectivity index (χ1n) is 6.91. The van der Waals surface area contributed by atoms with E-state index in [1.807, 2.05) is 0 Å². The molecule has 0 aliphatic heterocycles. The number of rotatable bonds is 7. The first-order chi connectivity index (χ1) is 10.3. The van der Waals surface area contributed by atoms with Crippen LogP contribution in [0.1, 0.15) is 31.1 Å². The maximum atomic E-state index is 12.1. The third-order valence-electron chi connectivity index (χ3n) is 3.37. The molecule has 5 heteroatoms. The Labute approximate surface area is 129 Å². The summed E-state index contributed by atoms with van der Waals surface area (Å²) < 4.78 is 9.92. The van der Waals surface area contributed by atoms with Gasteiger partial charge >= 0.3 is 5.97 Å². The molecule has 1 aromatic rings. The maximum absolute atomic E-state index is 12.1. The molecule has 118 valence electrons. The number of esters is 1. The van der Waals surface area contributed by atoms with E-state index in [-0.39, 0.29) is 18.2 Å². The van der Waals surface area contributed by atoms with Crippen LogP contribution in [0, 0.1) is 5.41 Å². The van der Waals surface area contributed by atoms with Crippen LogP contribution in [-0.4, -0.2) is 31.3 Å². The molecule has 0 aliphatic carbocycles. The van der Waals surface area contributed by atoms with E-state index in [1.54, 1.807) is 31.2 Å². The fourth-order valence-corrected chi connectivity index (χ4v) is 1.70. The van der Waals surface area contributed by atoms with Gasteiger partial charge in [-0.2, -0.15) is 0 Å². The van der Waals surface area contributed by atoms with Crippen molar-refractivity contribution in [3.8, 4) is 5.75 Å². The van der Waals surface area contributed by atoms with Crippen molar-refractivity contribution in [1.82, 2.24) is 0 Å². The molecule has 0 saturated carbocycles. The summed E-state index contributed by atoms with van der Waals surface area (Å²) >= 11 is 0. The number of benzene rings is 1. The summed E-state index contributed by atoms with van der Waals surface area (Å²) in [6.07, 6.45) is 2.51. The standard InChI is InChI=1S/C17H20O5/c1-5-22-16(20)17(3,12(2)18)11-10-15(19)13-6-8-14(21-4)9-7-13/h6-11H,5H2,1-4H3/b11-10+. The Morgan fingerprint density at radius 2 is 1.77 bits per heavy atom. The molecule has 0 fully saturated rings. The van der Waals surface area contributed by atoms with Gasteiger partial charge in [-0.3, -0.25) is 14.4 Å². The van der Waals surface area contributed by atoms with Crippen LogP contribution in [-0.2, 0) is 14.3 Å². The SMILES string of the molecule is CCOC(=O)C(C)(/C=C/C(=O)c1ccc(OC)cc1)C(C)=O. The molecule has 0 bridgehead atoms. The van der Waals surface area contributed by atoms with Gasteiger partial charge in [-0.15, -0.1) is 0 Å². The number of carbonyl (C=O) groups excluding carboxylic acids is 3. The van der Waals surface area contributed by atoms with Gasteiger partial charge in [0.05, 0.1) is 13.7 Å². The second-order valence-corrected chi connectivity index (χ2v) is 4.91. The molecule has 1 atom stereocenters. The highest BCUT2D eigenvalue weighted by atomic mass is 16.5. The average Bonchev–Trinajstić information content (AvgIpc) is 2.52. The van der Waals surface area contributed by atoms with E-state index >= 15 is 0 Å². The van der Waals surface area contributed by atoms with Crippen LogP contribution >= 0.6 is 0 Å². The molecule has 0 radical (unpaired) electrons. The highest BCUT2D eigenvalue weighted by molar-refractivity contribution is 6.08. The van der Waals surface area contributed by atoms with E-state index < -0.39 is 11.4 Å². The number of ether oxygens (including phenoxy) is 2. The molecule has 0 aliphatic rings. The van der Waals surface area contributed by atoms with Gasteiger partial charge in [-0.1, -0.05) is 6.08 Å².